The van der Waals surface area contributed by atoms with Crippen molar-refractivity contribution in [3.63, 3.8) is 0 Å². The summed E-state index contributed by atoms with van der Waals surface area (Å²) < 4.78 is 0. The van der Waals surface area contributed by atoms with E-state index in [4.69, 9.17) is 17.3 Å². The molecule has 0 saturated heterocycles. The van der Waals surface area contributed by atoms with Gasteiger partial charge in [0, 0.05) is 23.7 Å². The minimum atomic E-state index is 0.327. The van der Waals surface area contributed by atoms with Crippen LogP contribution in [-0.4, -0.2) is 24.5 Å². The van der Waals surface area contributed by atoms with Gasteiger partial charge in [0.05, 0.1) is 0 Å². The summed E-state index contributed by atoms with van der Waals surface area (Å²) in [5, 5.41) is 0.799. The molecule has 1 aromatic rings. The van der Waals surface area contributed by atoms with Crippen molar-refractivity contribution in [3.05, 3.63) is 34.9 Å². The number of rotatable bonds is 8. The average Bonchev–Trinajstić information content (AvgIpc) is 2.38. The van der Waals surface area contributed by atoms with E-state index in [9.17, 15) is 0 Å². The second-order valence-corrected chi connectivity index (χ2v) is 6.62. The maximum Gasteiger partial charge on any atom is 0.0406 e. The summed E-state index contributed by atoms with van der Waals surface area (Å²) in [4.78, 5) is 2.42. The summed E-state index contributed by atoms with van der Waals surface area (Å²) in [5.41, 5.74) is 7.11. The molecular formula is C17H29ClN2. The molecule has 0 aliphatic rings. The number of halogens is 1. The van der Waals surface area contributed by atoms with Gasteiger partial charge in [-0.05, 0) is 57.4 Å². The topological polar surface area (TPSA) is 29.3 Å². The van der Waals surface area contributed by atoms with Gasteiger partial charge in [-0.1, -0.05) is 37.1 Å². The highest BCUT2D eigenvalue weighted by atomic mass is 35.5. The zero-order chi connectivity index (χ0) is 15.1. The van der Waals surface area contributed by atoms with Crippen molar-refractivity contribution in [2.75, 3.05) is 13.6 Å². The molecule has 3 heteroatoms. The maximum absolute atomic E-state index is 5.94. The molecular weight excluding hydrogens is 268 g/mol. The van der Waals surface area contributed by atoms with E-state index in [0.717, 1.165) is 18.0 Å². The van der Waals surface area contributed by atoms with E-state index in [1.54, 1.807) is 0 Å². The lowest BCUT2D eigenvalue weighted by Gasteiger charge is -2.28. The van der Waals surface area contributed by atoms with Crippen molar-refractivity contribution in [3.8, 4) is 0 Å². The fourth-order valence-electron chi connectivity index (χ4n) is 2.53. The maximum atomic E-state index is 5.94. The van der Waals surface area contributed by atoms with Gasteiger partial charge in [0.25, 0.3) is 0 Å². The molecule has 3 atom stereocenters. The van der Waals surface area contributed by atoms with Crippen LogP contribution in [0.2, 0.25) is 5.02 Å². The van der Waals surface area contributed by atoms with Crippen LogP contribution in [-0.2, 0) is 0 Å². The van der Waals surface area contributed by atoms with Gasteiger partial charge >= 0.3 is 0 Å². The van der Waals surface area contributed by atoms with Crippen LogP contribution in [0, 0.1) is 5.92 Å². The van der Waals surface area contributed by atoms with Crippen LogP contribution < -0.4 is 5.73 Å². The van der Waals surface area contributed by atoms with Crippen LogP contribution >= 0.6 is 11.6 Å². The Morgan fingerprint density at radius 3 is 2.25 bits per heavy atom. The molecule has 0 aromatic heterocycles. The first kappa shape index (κ1) is 17.5. The van der Waals surface area contributed by atoms with E-state index < -0.39 is 0 Å². The summed E-state index contributed by atoms with van der Waals surface area (Å²) in [7, 11) is 2.20. The third-order valence-corrected chi connectivity index (χ3v) is 4.22. The Bertz CT molecular complexity index is 375. The lowest BCUT2D eigenvalue weighted by atomic mass is 10.00. The Labute approximate surface area is 129 Å². The molecule has 0 aliphatic carbocycles. The molecule has 114 valence electrons. The molecule has 20 heavy (non-hydrogen) atoms. The molecule has 0 bridgehead atoms. The van der Waals surface area contributed by atoms with E-state index >= 15 is 0 Å². The van der Waals surface area contributed by atoms with Gasteiger partial charge in [-0.2, -0.15) is 0 Å². The van der Waals surface area contributed by atoms with Gasteiger partial charge in [-0.3, -0.25) is 4.90 Å². The van der Waals surface area contributed by atoms with Crippen LogP contribution in [0.15, 0.2) is 24.3 Å². The summed E-state index contributed by atoms with van der Waals surface area (Å²) in [6.45, 7) is 7.77. The first-order valence-corrected chi connectivity index (χ1v) is 7.99. The Hall–Kier alpha value is -0.570. The van der Waals surface area contributed by atoms with Crippen LogP contribution in [0.4, 0.5) is 0 Å². The summed E-state index contributed by atoms with van der Waals surface area (Å²) in [6.07, 6.45) is 3.60. The van der Waals surface area contributed by atoms with Crippen LogP contribution in [0.1, 0.15) is 51.6 Å². The second-order valence-electron chi connectivity index (χ2n) is 6.18. The number of benzene rings is 1. The van der Waals surface area contributed by atoms with E-state index in [0.29, 0.717) is 18.0 Å². The minimum absolute atomic E-state index is 0.327. The Kier molecular flexibility index (Phi) is 7.57. The molecule has 0 heterocycles. The SMILES string of the molecule is CC(N)CCCC(C)CN(C)C(C)c1ccc(Cl)cc1. The summed E-state index contributed by atoms with van der Waals surface area (Å²) in [5.74, 6) is 0.702. The number of nitrogens with two attached hydrogens (primary N) is 1. The lowest BCUT2D eigenvalue weighted by molar-refractivity contribution is 0.219. The zero-order valence-electron chi connectivity index (χ0n) is 13.3. The zero-order valence-corrected chi connectivity index (χ0v) is 14.0. The molecule has 0 spiro atoms. The Balaban J connectivity index is 2.40. The molecule has 0 saturated carbocycles. The van der Waals surface area contributed by atoms with Crippen LogP contribution in [0.25, 0.3) is 0 Å². The van der Waals surface area contributed by atoms with E-state index in [-0.39, 0.29) is 0 Å². The molecule has 0 fully saturated rings. The predicted molar refractivity (Wildman–Crippen MR) is 89.2 cm³/mol. The van der Waals surface area contributed by atoms with Gasteiger partial charge < -0.3 is 5.73 Å². The van der Waals surface area contributed by atoms with Crippen molar-refractivity contribution in [2.24, 2.45) is 11.7 Å². The number of hydrogen-bond donors (Lipinski definition) is 1. The molecule has 2 N–H and O–H groups in total. The monoisotopic (exact) mass is 296 g/mol. The van der Waals surface area contributed by atoms with Crippen molar-refractivity contribution >= 4 is 11.6 Å². The molecule has 0 radical (unpaired) electrons. The molecule has 0 aliphatic heterocycles. The van der Waals surface area contributed by atoms with Gasteiger partial charge in [0.15, 0.2) is 0 Å². The average molecular weight is 297 g/mol. The first-order valence-electron chi connectivity index (χ1n) is 7.61. The largest absolute Gasteiger partial charge is 0.328 e. The minimum Gasteiger partial charge on any atom is -0.328 e. The number of nitrogens with zero attached hydrogens (tertiary/aromatic N) is 1. The fraction of sp³-hybridized carbons (Fsp3) is 0.647. The molecule has 1 rings (SSSR count). The smallest absolute Gasteiger partial charge is 0.0406 e. The van der Waals surface area contributed by atoms with Crippen molar-refractivity contribution < 1.29 is 0 Å². The lowest BCUT2D eigenvalue weighted by Crippen LogP contribution is -2.27. The predicted octanol–water partition coefficient (Wildman–Crippen LogP) is 4.49. The molecule has 1 aromatic carbocycles. The first-order chi connectivity index (χ1) is 9.40. The molecule has 2 nitrogen and oxygen atoms in total. The van der Waals surface area contributed by atoms with Crippen molar-refractivity contribution in [1.29, 1.82) is 0 Å². The third-order valence-electron chi connectivity index (χ3n) is 3.97. The van der Waals surface area contributed by atoms with Gasteiger partial charge in [-0.25, -0.2) is 0 Å². The normalized spacial score (nSPS) is 16.1. The highest BCUT2D eigenvalue weighted by molar-refractivity contribution is 6.30. The van der Waals surface area contributed by atoms with Crippen LogP contribution in [0.5, 0.6) is 0 Å². The molecule has 0 amide bonds. The fourth-order valence-corrected chi connectivity index (χ4v) is 2.65. The quantitative estimate of drug-likeness (QED) is 0.766. The van der Waals surface area contributed by atoms with Gasteiger partial charge in [0.2, 0.25) is 0 Å². The van der Waals surface area contributed by atoms with Gasteiger partial charge in [-0.15, -0.1) is 0 Å². The highest BCUT2D eigenvalue weighted by Gasteiger charge is 2.14. The van der Waals surface area contributed by atoms with Crippen molar-refractivity contribution in [2.45, 2.75) is 52.1 Å². The Morgan fingerprint density at radius 1 is 1.10 bits per heavy atom. The summed E-state index contributed by atoms with van der Waals surface area (Å²) >= 11 is 5.94. The standard InChI is InChI=1S/C17H29ClN2/c1-13(6-5-7-14(2)19)12-20(4)15(3)16-8-10-17(18)11-9-16/h8-11,13-15H,5-7,12,19H2,1-4H3. The van der Waals surface area contributed by atoms with E-state index in [1.165, 1.54) is 18.4 Å². The number of hydrogen-bond acceptors (Lipinski definition) is 2. The highest BCUT2D eigenvalue weighted by Crippen LogP contribution is 2.22. The van der Waals surface area contributed by atoms with E-state index in [1.807, 2.05) is 12.1 Å². The summed E-state index contributed by atoms with van der Waals surface area (Å²) in [6, 6.07) is 8.91. The Morgan fingerprint density at radius 2 is 1.70 bits per heavy atom. The van der Waals surface area contributed by atoms with Crippen LogP contribution in [0.3, 0.4) is 0 Å². The second kappa shape index (κ2) is 8.66. The van der Waals surface area contributed by atoms with Crippen molar-refractivity contribution in [1.82, 2.24) is 4.90 Å². The molecule has 3 unspecified atom stereocenters. The van der Waals surface area contributed by atoms with E-state index in [2.05, 4.69) is 44.9 Å². The van der Waals surface area contributed by atoms with Gasteiger partial charge in [0.1, 0.15) is 0 Å². The third kappa shape index (κ3) is 6.25.